The molecule has 19 heavy (non-hydrogen) atoms. The third kappa shape index (κ3) is 3.19. The summed E-state index contributed by atoms with van der Waals surface area (Å²) in [5.74, 6) is 0.894. The van der Waals surface area contributed by atoms with Crippen molar-refractivity contribution in [2.45, 2.75) is 6.04 Å². The van der Waals surface area contributed by atoms with Crippen LogP contribution >= 0.6 is 22.9 Å². The molecule has 102 valence electrons. The Morgan fingerprint density at radius 3 is 2.74 bits per heavy atom. The van der Waals surface area contributed by atoms with Crippen molar-refractivity contribution in [3.63, 3.8) is 0 Å². The molecule has 3 heterocycles. The van der Waals surface area contributed by atoms with Crippen LogP contribution in [0.1, 0.15) is 16.7 Å². The molecule has 6 heteroatoms. The SMILES string of the molecule is Clc1ccc(C(NN2CCOCC2)c2ccco2)s1. The van der Waals surface area contributed by atoms with Crippen molar-refractivity contribution < 1.29 is 9.15 Å². The van der Waals surface area contributed by atoms with Crippen molar-refractivity contribution in [3.8, 4) is 0 Å². The molecule has 2 aromatic rings. The van der Waals surface area contributed by atoms with Crippen molar-refractivity contribution in [1.82, 2.24) is 10.4 Å². The van der Waals surface area contributed by atoms with Gasteiger partial charge < -0.3 is 9.15 Å². The maximum Gasteiger partial charge on any atom is 0.127 e. The van der Waals surface area contributed by atoms with Crippen LogP contribution in [0.4, 0.5) is 0 Å². The maximum atomic E-state index is 6.04. The van der Waals surface area contributed by atoms with Crippen molar-refractivity contribution in [2.75, 3.05) is 26.3 Å². The zero-order chi connectivity index (χ0) is 13.1. The van der Waals surface area contributed by atoms with E-state index in [0.29, 0.717) is 0 Å². The first-order valence-corrected chi connectivity index (χ1v) is 7.40. The molecule has 1 atom stereocenters. The molecule has 3 rings (SSSR count). The zero-order valence-electron chi connectivity index (χ0n) is 10.3. The van der Waals surface area contributed by atoms with Crippen LogP contribution in [-0.2, 0) is 4.74 Å². The third-order valence-corrected chi connectivity index (χ3v) is 4.32. The molecule has 1 aliphatic heterocycles. The number of furan rings is 1. The van der Waals surface area contributed by atoms with Crippen LogP contribution in [0.2, 0.25) is 4.34 Å². The Labute approximate surface area is 120 Å². The Balaban J connectivity index is 1.80. The predicted molar refractivity (Wildman–Crippen MR) is 75.4 cm³/mol. The molecule has 0 aliphatic carbocycles. The second-order valence-electron chi connectivity index (χ2n) is 4.32. The van der Waals surface area contributed by atoms with Crippen molar-refractivity contribution in [2.24, 2.45) is 0 Å². The zero-order valence-corrected chi connectivity index (χ0v) is 11.9. The minimum atomic E-state index is 0.00519. The highest BCUT2D eigenvalue weighted by Gasteiger charge is 2.22. The number of rotatable bonds is 4. The molecule has 1 N–H and O–H groups in total. The van der Waals surface area contributed by atoms with Crippen LogP contribution < -0.4 is 5.43 Å². The van der Waals surface area contributed by atoms with Gasteiger partial charge in [-0.25, -0.2) is 10.4 Å². The monoisotopic (exact) mass is 298 g/mol. The van der Waals surface area contributed by atoms with Gasteiger partial charge in [-0.3, -0.25) is 0 Å². The fourth-order valence-corrected chi connectivity index (χ4v) is 3.20. The fourth-order valence-electron chi connectivity index (χ4n) is 2.08. The molecule has 0 spiro atoms. The van der Waals surface area contributed by atoms with E-state index in [2.05, 4.69) is 10.4 Å². The summed E-state index contributed by atoms with van der Waals surface area (Å²) >= 11 is 7.60. The number of hydrogen-bond donors (Lipinski definition) is 1. The summed E-state index contributed by atoms with van der Waals surface area (Å²) in [6, 6.07) is 7.83. The molecular weight excluding hydrogens is 284 g/mol. The average Bonchev–Trinajstić information content (AvgIpc) is 3.09. The van der Waals surface area contributed by atoms with Crippen LogP contribution in [0.3, 0.4) is 0 Å². The summed E-state index contributed by atoms with van der Waals surface area (Å²) in [7, 11) is 0. The first kappa shape index (κ1) is 13.1. The van der Waals surface area contributed by atoms with Gasteiger partial charge in [0.2, 0.25) is 0 Å². The van der Waals surface area contributed by atoms with Gasteiger partial charge in [0.25, 0.3) is 0 Å². The standard InChI is InChI=1S/C13H15ClN2O2S/c14-12-4-3-11(19-12)13(10-2-1-7-18-10)15-16-5-8-17-9-6-16/h1-4,7,13,15H,5-6,8-9H2. The van der Waals surface area contributed by atoms with E-state index in [1.54, 1.807) is 17.6 Å². The molecule has 1 unspecified atom stereocenters. The first-order valence-electron chi connectivity index (χ1n) is 6.20. The Morgan fingerprint density at radius 1 is 1.26 bits per heavy atom. The van der Waals surface area contributed by atoms with Gasteiger partial charge in [0.15, 0.2) is 0 Å². The number of ether oxygens (including phenoxy) is 1. The maximum absolute atomic E-state index is 6.04. The molecule has 0 saturated carbocycles. The summed E-state index contributed by atoms with van der Waals surface area (Å²) in [6.45, 7) is 3.25. The Hall–Kier alpha value is -0.850. The number of hydrogen-bond acceptors (Lipinski definition) is 5. The van der Waals surface area contributed by atoms with E-state index in [0.717, 1.165) is 41.3 Å². The Kier molecular flexibility index (Phi) is 4.20. The quantitative estimate of drug-likeness (QED) is 0.942. The summed E-state index contributed by atoms with van der Waals surface area (Å²) in [4.78, 5) is 1.14. The Morgan fingerprint density at radius 2 is 2.11 bits per heavy atom. The minimum Gasteiger partial charge on any atom is -0.467 e. The first-order chi connectivity index (χ1) is 9.33. The lowest BCUT2D eigenvalue weighted by molar-refractivity contribution is 0.00525. The summed E-state index contributed by atoms with van der Waals surface area (Å²) in [5.41, 5.74) is 3.50. The van der Waals surface area contributed by atoms with E-state index in [9.17, 15) is 0 Å². The van der Waals surface area contributed by atoms with Gasteiger partial charge in [-0.15, -0.1) is 11.3 Å². The minimum absolute atomic E-state index is 0.00519. The highest BCUT2D eigenvalue weighted by molar-refractivity contribution is 7.16. The predicted octanol–water partition coefficient (Wildman–Crippen LogP) is 2.92. The van der Waals surface area contributed by atoms with Crippen LogP contribution in [0.15, 0.2) is 34.9 Å². The molecule has 1 aliphatic rings. The molecule has 0 bridgehead atoms. The van der Waals surface area contributed by atoms with Gasteiger partial charge in [-0.2, -0.15) is 0 Å². The van der Waals surface area contributed by atoms with Crippen LogP contribution in [0, 0.1) is 0 Å². The largest absolute Gasteiger partial charge is 0.467 e. The van der Waals surface area contributed by atoms with E-state index in [4.69, 9.17) is 20.8 Å². The molecule has 4 nitrogen and oxygen atoms in total. The summed E-state index contributed by atoms with van der Waals surface area (Å²) in [5, 5.41) is 2.17. The molecular formula is C13H15ClN2O2S. The molecule has 0 aromatic carbocycles. The number of thiophene rings is 1. The van der Waals surface area contributed by atoms with Gasteiger partial charge in [0.1, 0.15) is 11.8 Å². The second kappa shape index (κ2) is 6.07. The second-order valence-corrected chi connectivity index (χ2v) is 6.07. The molecule has 1 saturated heterocycles. The number of nitrogens with one attached hydrogen (secondary N) is 1. The van der Waals surface area contributed by atoms with Crippen LogP contribution in [0.25, 0.3) is 0 Å². The highest BCUT2D eigenvalue weighted by Crippen LogP contribution is 2.31. The molecule has 0 radical (unpaired) electrons. The van der Waals surface area contributed by atoms with E-state index >= 15 is 0 Å². The van der Waals surface area contributed by atoms with Gasteiger partial charge in [0, 0.05) is 18.0 Å². The van der Waals surface area contributed by atoms with Crippen molar-refractivity contribution in [1.29, 1.82) is 0 Å². The van der Waals surface area contributed by atoms with E-state index in [1.807, 2.05) is 24.3 Å². The van der Waals surface area contributed by atoms with E-state index in [-0.39, 0.29) is 6.04 Å². The number of halogens is 1. The lowest BCUT2D eigenvalue weighted by Gasteiger charge is -2.30. The van der Waals surface area contributed by atoms with Gasteiger partial charge in [-0.05, 0) is 24.3 Å². The molecule has 0 amide bonds. The summed E-state index contributed by atoms with van der Waals surface area (Å²) in [6.07, 6.45) is 1.69. The van der Waals surface area contributed by atoms with Gasteiger partial charge in [-0.1, -0.05) is 11.6 Å². The number of hydrazine groups is 1. The van der Waals surface area contributed by atoms with Gasteiger partial charge in [0.05, 0.1) is 23.8 Å². The highest BCUT2D eigenvalue weighted by atomic mass is 35.5. The third-order valence-electron chi connectivity index (χ3n) is 3.03. The fraction of sp³-hybridized carbons (Fsp3) is 0.385. The normalized spacial score (nSPS) is 18.6. The number of morpholine rings is 1. The smallest absolute Gasteiger partial charge is 0.127 e. The van der Waals surface area contributed by atoms with E-state index < -0.39 is 0 Å². The Bertz CT molecular complexity index is 508. The lowest BCUT2D eigenvalue weighted by Crippen LogP contribution is -2.47. The average molecular weight is 299 g/mol. The van der Waals surface area contributed by atoms with Crippen LogP contribution in [0.5, 0.6) is 0 Å². The van der Waals surface area contributed by atoms with Gasteiger partial charge >= 0.3 is 0 Å². The molecule has 1 fully saturated rings. The van der Waals surface area contributed by atoms with Crippen molar-refractivity contribution in [3.05, 3.63) is 45.5 Å². The lowest BCUT2D eigenvalue weighted by atomic mass is 10.2. The topological polar surface area (TPSA) is 37.6 Å². The summed E-state index contributed by atoms with van der Waals surface area (Å²) < 4.78 is 11.7. The van der Waals surface area contributed by atoms with Crippen LogP contribution in [-0.4, -0.2) is 31.3 Å². The van der Waals surface area contributed by atoms with E-state index in [1.165, 1.54) is 0 Å². The number of nitrogens with zero attached hydrogens (tertiary/aromatic N) is 1. The molecule has 2 aromatic heterocycles. The van der Waals surface area contributed by atoms with Crippen molar-refractivity contribution >= 4 is 22.9 Å².